The highest BCUT2D eigenvalue weighted by molar-refractivity contribution is 5.97. The van der Waals surface area contributed by atoms with Crippen molar-refractivity contribution in [3.05, 3.63) is 83.8 Å². The second kappa shape index (κ2) is 14.4. The van der Waals surface area contributed by atoms with Crippen LogP contribution in [-0.4, -0.2) is 76.8 Å². The highest BCUT2D eigenvalue weighted by atomic mass is 19.3. The van der Waals surface area contributed by atoms with Gasteiger partial charge >= 0.3 is 0 Å². The minimum absolute atomic E-state index is 0.0145. The number of halogens is 2. The number of aromatic nitrogens is 2. The molecule has 250 valence electrons. The number of nitrogens with zero attached hydrogens (tertiary/aromatic N) is 5. The number of fused-ring (bicyclic) bond motifs is 1. The Labute approximate surface area is 276 Å². The normalized spacial score (nSPS) is 20.8. The Hall–Kier alpha value is -4.08. The molecule has 2 fully saturated rings. The molecule has 2 amide bonds. The maximum Gasteiger partial charge on any atom is 0.257 e. The van der Waals surface area contributed by atoms with Crippen LogP contribution < -0.4 is 9.64 Å². The number of alkyl halides is 2. The third-order valence-corrected chi connectivity index (χ3v) is 10.2. The molecule has 47 heavy (non-hydrogen) atoms. The van der Waals surface area contributed by atoms with Crippen molar-refractivity contribution in [3.8, 4) is 5.75 Å². The lowest BCUT2D eigenvalue weighted by molar-refractivity contribution is -0.142. The van der Waals surface area contributed by atoms with E-state index in [2.05, 4.69) is 9.88 Å². The van der Waals surface area contributed by atoms with E-state index in [-0.39, 0.29) is 48.8 Å². The monoisotopic (exact) mass is 645 g/mol. The fourth-order valence-electron chi connectivity index (χ4n) is 7.29. The molecule has 1 aliphatic carbocycles. The second-order valence-electron chi connectivity index (χ2n) is 13.5. The maximum absolute atomic E-state index is 14.2. The van der Waals surface area contributed by atoms with Crippen molar-refractivity contribution in [2.24, 2.45) is 11.3 Å². The maximum atomic E-state index is 14.2. The number of likely N-dealkylation sites (tertiary alicyclic amines) is 1. The first kappa shape index (κ1) is 32.8. The lowest BCUT2D eigenvalue weighted by Crippen LogP contribution is -2.48. The van der Waals surface area contributed by atoms with Crippen LogP contribution in [0.25, 0.3) is 0 Å². The summed E-state index contributed by atoms with van der Waals surface area (Å²) in [5, 5.41) is 0. The summed E-state index contributed by atoms with van der Waals surface area (Å²) >= 11 is 0. The summed E-state index contributed by atoms with van der Waals surface area (Å²) in [7, 11) is 0. The Bertz CT molecular complexity index is 1520. The average Bonchev–Trinajstić information content (AvgIpc) is 3.09. The summed E-state index contributed by atoms with van der Waals surface area (Å²) in [5.41, 5.74) is 1.39. The third-order valence-electron chi connectivity index (χ3n) is 10.2. The number of piperidine rings is 1. The number of carbonyl (C=O) groups excluding carboxylic acids is 2. The smallest absolute Gasteiger partial charge is 0.257 e. The summed E-state index contributed by atoms with van der Waals surface area (Å²) in [5.74, 6) is -0.943. The number of amides is 2. The summed E-state index contributed by atoms with van der Waals surface area (Å²) in [6.07, 6.45) is 5.13. The fraction of sp³-hybridized carbons (Fsp3) is 0.514. The zero-order valence-electron chi connectivity index (χ0n) is 27.3. The molecule has 0 radical (unpaired) electrons. The van der Waals surface area contributed by atoms with E-state index in [0.717, 1.165) is 43.6 Å². The van der Waals surface area contributed by atoms with E-state index in [1.165, 1.54) is 0 Å². The zero-order chi connectivity index (χ0) is 32.9. The number of benzene rings is 2. The van der Waals surface area contributed by atoms with Gasteiger partial charge in [-0.25, -0.2) is 18.7 Å². The first-order valence-corrected chi connectivity index (χ1v) is 17.0. The zero-order valence-corrected chi connectivity index (χ0v) is 27.3. The molecular formula is C37H45F2N5O3. The Morgan fingerprint density at radius 2 is 1.62 bits per heavy atom. The molecule has 6 rings (SSSR count). The van der Waals surface area contributed by atoms with Gasteiger partial charge in [0.15, 0.2) is 0 Å². The molecule has 1 saturated carbocycles. The van der Waals surface area contributed by atoms with Crippen LogP contribution in [0.1, 0.15) is 73.1 Å². The fourth-order valence-corrected chi connectivity index (χ4v) is 7.29. The van der Waals surface area contributed by atoms with Gasteiger partial charge in [-0.05, 0) is 69.2 Å². The molecule has 0 atom stereocenters. The highest BCUT2D eigenvalue weighted by Gasteiger charge is 2.42. The molecule has 1 saturated heterocycles. The molecule has 3 aliphatic rings. The summed E-state index contributed by atoms with van der Waals surface area (Å²) in [6.45, 7) is 5.79. The number of aryl methyl sites for hydroxylation is 1. The number of carbonyl (C=O) groups is 2. The molecule has 3 aromatic rings. The minimum atomic E-state index is -2.65. The number of ether oxygens (including phenoxy) is 1. The Kier molecular flexibility index (Phi) is 10.0. The third kappa shape index (κ3) is 8.08. The first-order chi connectivity index (χ1) is 22.7. The van der Waals surface area contributed by atoms with Crippen molar-refractivity contribution in [3.63, 3.8) is 0 Å². The Morgan fingerprint density at radius 3 is 2.36 bits per heavy atom. The largest absolute Gasteiger partial charge is 0.492 e. The van der Waals surface area contributed by atoms with Gasteiger partial charge in [-0.3, -0.25) is 9.59 Å². The van der Waals surface area contributed by atoms with Crippen molar-refractivity contribution in [2.45, 2.75) is 70.8 Å². The minimum Gasteiger partial charge on any atom is -0.492 e. The van der Waals surface area contributed by atoms with Gasteiger partial charge in [-0.15, -0.1) is 0 Å². The Balaban J connectivity index is 1.24. The molecule has 2 aromatic carbocycles. The lowest BCUT2D eigenvalue weighted by atomic mass is 9.75. The van der Waals surface area contributed by atoms with Crippen molar-refractivity contribution >= 4 is 17.6 Å². The van der Waals surface area contributed by atoms with Gasteiger partial charge < -0.3 is 19.4 Å². The summed E-state index contributed by atoms with van der Waals surface area (Å²) in [4.78, 5) is 42.6. The molecule has 0 bridgehead atoms. The predicted octanol–water partition coefficient (Wildman–Crippen LogP) is 6.54. The summed E-state index contributed by atoms with van der Waals surface area (Å²) in [6, 6.07) is 19.4. The van der Waals surface area contributed by atoms with Gasteiger partial charge in [-0.2, -0.15) is 0 Å². The van der Waals surface area contributed by atoms with Crippen molar-refractivity contribution in [1.29, 1.82) is 0 Å². The van der Waals surface area contributed by atoms with Gasteiger partial charge in [0.05, 0.1) is 12.2 Å². The van der Waals surface area contributed by atoms with Crippen molar-refractivity contribution < 1.29 is 23.1 Å². The topological polar surface area (TPSA) is 78.9 Å². The van der Waals surface area contributed by atoms with E-state index in [1.807, 2.05) is 77.4 Å². The van der Waals surface area contributed by atoms with Gasteiger partial charge in [-0.1, -0.05) is 42.5 Å². The van der Waals surface area contributed by atoms with E-state index in [9.17, 15) is 18.4 Å². The van der Waals surface area contributed by atoms with E-state index in [4.69, 9.17) is 9.72 Å². The van der Waals surface area contributed by atoms with Crippen molar-refractivity contribution in [2.75, 3.05) is 44.2 Å². The molecule has 8 nitrogen and oxygen atoms in total. The van der Waals surface area contributed by atoms with Crippen molar-refractivity contribution in [1.82, 2.24) is 19.8 Å². The van der Waals surface area contributed by atoms with Crippen LogP contribution >= 0.6 is 0 Å². The van der Waals surface area contributed by atoms with Crippen LogP contribution in [0.5, 0.6) is 5.75 Å². The molecule has 3 heterocycles. The van der Waals surface area contributed by atoms with Crippen LogP contribution in [0.2, 0.25) is 0 Å². The van der Waals surface area contributed by atoms with Crippen LogP contribution in [0, 0.1) is 18.3 Å². The Morgan fingerprint density at radius 1 is 0.894 bits per heavy atom. The van der Waals surface area contributed by atoms with E-state index in [1.54, 1.807) is 6.20 Å². The molecule has 2 aliphatic heterocycles. The molecule has 1 spiro atoms. The lowest BCUT2D eigenvalue weighted by Gasteiger charge is -2.43. The molecule has 1 aromatic heterocycles. The SMILES string of the molecule is Cc1nccc(N2CCCC3(CCN(C(=O)C4CCC(F)(F)CC4)CC3)COc3ccccc3C(=O)N(Cc3ccccc3)CC2)n1. The predicted molar refractivity (Wildman–Crippen MR) is 176 cm³/mol. The van der Waals surface area contributed by atoms with Crippen LogP contribution in [0.3, 0.4) is 0 Å². The summed E-state index contributed by atoms with van der Waals surface area (Å²) < 4.78 is 34.1. The van der Waals surface area contributed by atoms with E-state index in [0.29, 0.717) is 56.5 Å². The molecule has 10 heteroatoms. The van der Waals surface area contributed by atoms with Gasteiger partial charge in [0.2, 0.25) is 11.8 Å². The first-order valence-electron chi connectivity index (χ1n) is 17.0. The number of rotatable bonds is 4. The highest BCUT2D eigenvalue weighted by Crippen LogP contribution is 2.41. The van der Waals surface area contributed by atoms with Crippen LogP contribution in [-0.2, 0) is 11.3 Å². The molecular weight excluding hydrogens is 600 g/mol. The van der Waals surface area contributed by atoms with Crippen LogP contribution in [0.4, 0.5) is 14.6 Å². The van der Waals surface area contributed by atoms with E-state index < -0.39 is 5.92 Å². The average molecular weight is 646 g/mol. The van der Waals surface area contributed by atoms with Crippen LogP contribution in [0.15, 0.2) is 66.9 Å². The quantitative estimate of drug-likeness (QED) is 0.321. The molecule has 0 N–H and O–H groups in total. The number of hydrogen-bond acceptors (Lipinski definition) is 6. The second-order valence-corrected chi connectivity index (χ2v) is 13.5. The van der Waals surface area contributed by atoms with E-state index >= 15 is 0 Å². The molecule has 0 unspecified atom stereocenters. The van der Waals surface area contributed by atoms with Gasteiger partial charge in [0.1, 0.15) is 17.4 Å². The number of para-hydroxylation sites is 1. The standard InChI is InChI=1S/C37H45F2N5O3/c1-28-40-20-14-33(41-28)42-21-7-15-36(18-22-43(23-19-36)34(45)30-12-16-37(38,39)17-13-30)27-47-32-11-6-5-10-31(32)35(46)44(25-24-42)26-29-8-3-2-4-9-29/h2-6,8-11,14,20,30H,7,12-13,15-19,21-27H2,1H3. The van der Waals surface area contributed by atoms with Gasteiger partial charge in [0, 0.05) is 69.6 Å². The number of anilines is 1. The number of hydrogen-bond donors (Lipinski definition) is 0. The van der Waals surface area contributed by atoms with Gasteiger partial charge in [0.25, 0.3) is 5.91 Å².